The maximum Gasteiger partial charge on any atom is 0.0901 e. The van der Waals surface area contributed by atoms with Crippen LogP contribution in [-0.2, 0) is 4.74 Å². The molecule has 0 aliphatic heterocycles. The molecule has 0 aromatic rings. The zero-order chi connectivity index (χ0) is 12.2. The summed E-state index contributed by atoms with van der Waals surface area (Å²) < 4.78 is 5.66. The lowest BCUT2D eigenvalue weighted by Gasteiger charge is -2.17. The van der Waals surface area contributed by atoms with Crippen LogP contribution in [0.1, 0.15) is 77.6 Å². The maximum atomic E-state index is 5.66. The molecule has 0 aromatic heterocycles. The van der Waals surface area contributed by atoms with Gasteiger partial charge in [-0.15, -0.1) is 0 Å². The molecule has 1 aliphatic rings. The summed E-state index contributed by atoms with van der Waals surface area (Å²) in [4.78, 5) is 0. The van der Waals surface area contributed by atoms with E-state index >= 15 is 0 Å². The molecular formula is C16H30O. The number of hydrogen-bond acceptors (Lipinski definition) is 1. The molecule has 1 saturated carbocycles. The van der Waals surface area contributed by atoms with E-state index in [1.54, 1.807) is 0 Å². The van der Waals surface area contributed by atoms with Gasteiger partial charge in [0.25, 0.3) is 0 Å². The lowest BCUT2D eigenvalue weighted by Crippen LogP contribution is -2.08. The molecule has 1 fully saturated rings. The Morgan fingerprint density at radius 1 is 0.941 bits per heavy atom. The van der Waals surface area contributed by atoms with E-state index in [0.29, 0.717) is 0 Å². The third-order valence-electron chi connectivity index (χ3n) is 3.70. The van der Waals surface area contributed by atoms with Crippen molar-refractivity contribution in [3.63, 3.8) is 0 Å². The van der Waals surface area contributed by atoms with Crippen LogP contribution in [0.5, 0.6) is 0 Å². The van der Waals surface area contributed by atoms with Crippen molar-refractivity contribution in [1.29, 1.82) is 0 Å². The minimum absolute atomic E-state index is 0.805. The highest BCUT2D eigenvalue weighted by Gasteiger charge is 2.09. The van der Waals surface area contributed by atoms with Crippen LogP contribution in [0, 0.1) is 5.92 Å². The van der Waals surface area contributed by atoms with Crippen LogP contribution < -0.4 is 0 Å². The van der Waals surface area contributed by atoms with Gasteiger partial charge < -0.3 is 4.74 Å². The Morgan fingerprint density at radius 2 is 1.53 bits per heavy atom. The molecule has 0 unspecified atom stereocenters. The monoisotopic (exact) mass is 238 g/mol. The van der Waals surface area contributed by atoms with Crippen molar-refractivity contribution in [2.75, 3.05) is 6.61 Å². The molecule has 0 spiro atoms. The van der Waals surface area contributed by atoms with Crippen LogP contribution in [-0.4, -0.2) is 6.61 Å². The lowest BCUT2D eigenvalue weighted by atomic mass is 9.93. The number of rotatable bonds is 5. The molecule has 0 aromatic carbocycles. The minimum Gasteiger partial charge on any atom is -0.501 e. The van der Waals surface area contributed by atoms with Gasteiger partial charge in [0.15, 0.2) is 0 Å². The molecular weight excluding hydrogens is 208 g/mol. The highest BCUT2D eigenvalue weighted by atomic mass is 16.5. The van der Waals surface area contributed by atoms with E-state index in [9.17, 15) is 0 Å². The summed E-state index contributed by atoms with van der Waals surface area (Å²) in [5.74, 6) is 0.805. The van der Waals surface area contributed by atoms with Crippen LogP contribution in [0.25, 0.3) is 0 Å². The molecule has 0 amide bonds. The number of allylic oxidation sites excluding steroid dienone is 1. The van der Waals surface area contributed by atoms with E-state index in [1.807, 2.05) is 6.26 Å². The fourth-order valence-electron chi connectivity index (χ4n) is 2.56. The van der Waals surface area contributed by atoms with E-state index in [-0.39, 0.29) is 0 Å². The van der Waals surface area contributed by atoms with Gasteiger partial charge in [-0.3, -0.25) is 0 Å². The van der Waals surface area contributed by atoms with E-state index in [1.165, 1.54) is 64.2 Å². The van der Waals surface area contributed by atoms with Crippen LogP contribution in [0.2, 0.25) is 0 Å². The average Bonchev–Trinajstić information content (AvgIpc) is 2.36. The summed E-state index contributed by atoms with van der Waals surface area (Å²) in [6, 6.07) is 0. The van der Waals surface area contributed by atoms with Gasteiger partial charge in [0, 0.05) is 0 Å². The Hall–Kier alpha value is -0.460. The van der Waals surface area contributed by atoms with Gasteiger partial charge in [-0.05, 0) is 31.3 Å². The number of ether oxygens (including phenoxy) is 1. The Labute approximate surface area is 108 Å². The van der Waals surface area contributed by atoms with Crippen molar-refractivity contribution in [1.82, 2.24) is 0 Å². The molecule has 1 nitrogen and oxygen atoms in total. The van der Waals surface area contributed by atoms with Crippen LogP contribution in [0.4, 0.5) is 0 Å². The standard InChI is InChI=1S/C16H30O/c1-2-3-11-14-17-15-16-12-9-7-5-4-6-8-10-13-16/h11,14,16H,2-10,12-13,15H2,1H3. The molecule has 0 N–H and O–H groups in total. The summed E-state index contributed by atoms with van der Waals surface area (Å²) in [5.41, 5.74) is 0. The first-order valence-corrected chi connectivity index (χ1v) is 7.70. The lowest BCUT2D eigenvalue weighted by molar-refractivity contribution is 0.175. The summed E-state index contributed by atoms with van der Waals surface area (Å²) in [7, 11) is 0. The fraction of sp³-hybridized carbons (Fsp3) is 0.875. The topological polar surface area (TPSA) is 9.23 Å². The second-order valence-electron chi connectivity index (χ2n) is 5.41. The molecule has 1 heteroatoms. The van der Waals surface area contributed by atoms with Crippen molar-refractivity contribution < 1.29 is 4.74 Å². The quantitative estimate of drug-likeness (QED) is 0.578. The maximum absolute atomic E-state index is 5.66. The first-order valence-electron chi connectivity index (χ1n) is 7.70. The molecule has 0 atom stereocenters. The Morgan fingerprint density at radius 3 is 2.12 bits per heavy atom. The third kappa shape index (κ3) is 8.29. The van der Waals surface area contributed by atoms with Crippen molar-refractivity contribution in [3.05, 3.63) is 12.3 Å². The zero-order valence-electron chi connectivity index (χ0n) is 11.6. The molecule has 0 heterocycles. The smallest absolute Gasteiger partial charge is 0.0901 e. The largest absolute Gasteiger partial charge is 0.501 e. The first-order chi connectivity index (χ1) is 8.43. The van der Waals surface area contributed by atoms with Crippen LogP contribution in [0.15, 0.2) is 12.3 Å². The predicted octanol–water partition coefficient (Wildman–Crippen LogP) is 5.46. The van der Waals surface area contributed by atoms with Crippen LogP contribution in [0.3, 0.4) is 0 Å². The van der Waals surface area contributed by atoms with Crippen molar-refractivity contribution in [2.24, 2.45) is 5.92 Å². The van der Waals surface area contributed by atoms with E-state index in [2.05, 4.69) is 13.0 Å². The normalized spacial score (nSPS) is 20.5. The summed E-state index contributed by atoms with van der Waals surface area (Å²) >= 11 is 0. The van der Waals surface area contributed by atoms with E-state index in [4.69, 9.17) is 4.74 Å². The highest BCUT2D eigenvalue weighted by Crippen LogP contribution is 2.21. The fourth-order valence-corrected chi connectivity index (χ4v) is 2.56. The van der Waals surface area contributed by atoms with Crippen molar-refractivity contribution in [2.45, 2.75) is 77.6 Å². The van der Waals surface area contributed by atoms with Crippen molar-refractivity contribution >= 4 is 0 Å². The summed E-state index contributed by atoms with van der Waals surface area (Å²) in [5, 5.41) is 0. The minimum atomic E-state index is 0.805. The molecule has 100 valence electrons. The highest BCUT2D eigenvalue weighted by molar-refractivity contribution is 4.73. The molecule has 1 rings (SSSR count). The van der Waals surface area contributed by atoms with Crippen LogP contribution >= 0.6 is 0 Å². The Balaban J connectivity index is 2.14. The van der Waals surface area contributed by atoms with Crippen molar-refractivity contribution in [3.8, 4) is 0 Å². The van der Waals surface area contributed by atoms with Gasteiger partial charge in [0.05, 0.1) is 12.9 Å². The first kappa shape index (κ1) is 14.6. The summed E-state index contributed by atoms with van der Waals surface area (Å²) in [6.07, 6.45) is 19.2. The van der Waals surface area contributed by atoms with Gasteiger partial charge in [-0.25, -0.2) is 0 Å². The van der Waals surface area contributed by atoms with Gasteiger partial charge in [-0.1, -0.05) is 58.3 Å². The van der Waals surface area contributed by atoms with E-state index < -0.39 is 0 Å². The molecule has 0 bridgehead atoms. The van der Waals surface area contributed by atoms with Gasteiger partial charge in [0.1, 0.15) is 0 Å². The molecule has 0 saturated heterocycles. The number of hydrogen-bond donors (Lipinski definition) is 0. The Bertz CT molecular complexity index is 176. The molecule has 1 aliphatic carbocycles. The molecule has 0 radical (unpaired) electrons. The zero-order valence-corrected chi connectivity index (χ0v) is 11.6. The SMILES string of the molecule is CCCC=COCC1CCCCCCCCC1. The Kier molecular flexibility index (Phi) is 9.17. The van der Waals surface area contributed by atoms with Gasteiger partial charge >= 0.3 is 0 Å². The van der Waals surface area contributed by atoms with Gasteiger partial charge in [0.2, 0.25) is 0 Å². The third-order valence-corrected chi connectivity index (χ3v) is 3.70. The predicted molar refractivity (Wildman–Crippen MR) is 75.0 cm³/mol. The van der Waals surface area contributed by atoms with Gasteiger partial charge in [-0.2, -0.15) is 0 Å². The average molecular weight is 238 g/mol. The van der Waals surface area contributed by atoms with E-state index in [0.717, 1.165) is 18.9 Å². The second kappa shape index (κ2) is 10.7. The summed E-state index contributed by atoms with van der Waals surface area (Å²) in [6.45, 7) is 3.14. The number of unbranched alkanes of at least 4 members (excludes halogenated alkanes) is 1. The molecule has 17 heavy (non-hydrogen) atoms. The second-order valence-corrected chi connectivity index (χ2v) is 5.41.